The fourth-order valence-electron chi connectivity index (χ4n) is 7.36. The van der Waals surface area contributed by atoms with Crippen LogP contribution in [0.1, 0.15) is 72.6 Å². The van der Waals surface area contributed by atoms with Gasteiger partial charge in [-0.1, -0.05) is 32.4 Å². The van der Waals surface area contributed by atoms with E-state index in [4.69, 9.17) is 0 Å². The molecule has 34 heavy (non-hydrogen) atoms. The average molecular weight is 477 g/mol. The number of allylic oxidation sites excluding steroid dienone is 4. The Morgan fingerprint density at radius 2 is 1.91 bits per heavy atom. The van der Waals surface area contributed by atoms with E-state index in [1.165, 1.54) is 0 Å². The molecule has 0 unspecified atom stereocenters. The first-order chi connectivity index (χ1) is 16.0. The molecule has 7 heteroatoms. The van der Waals surface area contributed by atoms with Gasteiger partial charge < -0.3 is 20.1 Å². The number of hydrogen-bond acceptors (Lipinski definition) is 7. The highest BCUT2D eigenvalue weighted by Gasteiger charge is 2.67. The number of aliphatic hydroxyl groups is 3. The number of carbonyl (C=O) groups excluding carboxylic acids is 3. The van der Waals surface area contributed by atoms with Gasteiger partial charge in [0, 0.05) is 23.2 Å². The van der Waals surface area contributed by atoms with Gasteiger partial charge in [-0.25, -0.2) is 0 Å². The molecule has 3 N–H and O–H groups in total. The van der Waals surface area contributed by atoms with Gasteiger partial charge in [0.2, 0.25) is 0 Å². The van der Waals surface area contributed by atoms with Crippen molar-refractivity contribution in [1.82, 2.24) is 0 Å². The number of aliphatic hydroxyl groups excluding tert-OH is 2. The van der Waals surface area contributed by atoms with Crippen molar-refractivity contribution in [2.24, 2.45) is 28.6 Å². The molecule has 0 aromatic heterocycles. The number of hydrogen-bond donors (Lipinski definition) is 3. The van der Waals surface area contributed by atoms with Gasteiger partial charge in [0.15, 0.2) is 11.6 Å². The molecule has 4 aliphatic rings. The van der Waals surface area contributed by atoms with Crippen LogP contribution in [0.4, 0.5) is 0 Å². The van der Waals surface area contributed by atoms with Crippen LogP contribution in [0.2, 0.25) is 0 Å². The molecule has 0 amide bonds. The summed E-state index contributed by atoms with van der Waals surface area (Å²) < 4.78 is 4.64. The highest BCUT2D eigenvalue weighted by molar-refractivity contribution is 6.01. The lowest BCUT2D eigenvalue weighted by atomic mass is 9.46. The van der Waals surface area contributed by atoms with Crippen LogP contribution < -0.4 is 0 Å². The van der Waals surface area contributed by atoms with Crippen molar-refractivity contribution in [2.75, 3.05) is 13.2 Å². The van der Waals surface area contributed by atoms with Gasteiger partial charge in [-0.15, -0.1) is 0 Å². The number of Topliss-reactive ketones (excluding diaryl/α,β-unsaturated/α-hetero) is 1. The van der Waals surface area contributed by atoms with Crippen LogP contribution in [0.25, 0.3) is 0 Å². The Bertz CT molecular complexity index is 868. The molecule has 7 atom stereocenters. The second-order valence-electron chi connectivity index (χ2n) is 10.7. The minimum absolute atomic E-state index is 0.00912. The summed E-state index contributed by atoms with van der Waals surface area (Å²) in [7, 11) is 0. The Kier molecular flexibility index (Phi) is 7.90. The van der Waals surface area contributed by atoms with Gasteiger partial charge in [-0.2, -0.15) is 0 Å². The van der Waals surface area contributed by atoms with Crippen molar-refractivity contribution < 1.29 is 34.4 Å². The standard InChI is InChI=1S/C21H28O5.C6H12O2/c1-19-7-5-13(23)9-12(19)3-4-14-15-6-8-21(26,17(25)11-22)20(15,2)10-16(24)18(14)19;1-3-5-6(7)8-4-2/h5,7,9,14-16,18,22,24,26H,3-4,6,8,10-11H2,1-2H3;3-5H2,1-2H3/t14-,15-,16-,18+,19-,20-,21-;/m0./s1. The summed E-state index contributed by atoms with van der Waals surface area (Å²) in [6, 6.07) is 0. The summed E-state index contributed by atoms with van der Waals surface area (Å²) in [6.45, 7) is 7.61. The van der Waals surface area contributed by atoms with Crippen molar-refractivity contribution in [2.45, 2.75) is 84.3 Å². The molecule has 0 aromatic carbocycles. The molecule has 0 heterocycles. The minimum atomic E-state index is -1.56. The third-order valence-corrected chi connectivity index (χ3v) is 9.01. The summed E-state index contributed by atoms with van der Waals surface area (Å²) >= 11 is 0. The summed E-state index contributed by atoms with van der Waals surface area (Å²) in [5.74, 6) is -0.315. The molecule has 3 saturated carbocycles. The van der Waals surface area contributed by atoms with E-state index in [1.807, 2.05) is 26.8 Å². The molecule has 3 fully saturated rings. The van der Waals surface area contributed by atoms with Crippen LogP contribution >= 0.6 is 0 Å². The number of ether oxygens (including phenoxy) is 1. The Morgan fingerprint density at radius 3 is 2.53 bits per heavy atom. The summed E-state index contributed by atoms with van der Waals surface area (Å²) in [4.78, 5) is 34.6. The zero-order valence-corrected chi connectivity index (χ0v) is 20.9. The summed E-state index contributed by atoms with van der Waals surface area (Å²) in [5, 5.41) is 31.7. The Labute approximate surface area is 202 Å². The van der Waals surface area contributed by atoms with E-state index >= 15 is 0 Å². The van der Waals surface area contributed by atoms with E-state index in [2.05, 4.69) is 11.7 Å². The van der Waals surface area contributed by atoms with Crippen molar-refractivity contribution in [3.8, 4) is 0 Å². The van der Waals surface area contributed by atoms with Crippen LogP contribution in [-0.4, -0.2) is 57.8 Å². The summed E-state index contributed by atoms with van der Waals surface area (Å²) in [5.41, 5.74) is -1.54. The number of rotatable bonds is 5. The van der Waals surface area contributed by atoms with E-state index in [9.17, 15) is 29.7 Å². The first-order valence-electron chi connectivity index (χ1n) is 12.6. The fraction of sp³-hybridized carbons (Fsp3) is 0.741. The van der Waals surface area contributed by atoms with Gasteiger partial charge in [0.25, 0.3) is 0 Å². The van der Waals surface area contributed by atoms with Crippen molar-refractivity contribution >= 4 is 17.5 Å². The lowest BCUT2D eigenvalue weighted by Gasteiger charge is -2.59. The lowest BCUT2D eigenvalue weighted by molar-refractivity contribution is -0.178. The molecule has 0 saturated heterocycles. The van der Waals surface area contributed by atoms with Gasteiger partial charge >= 0.3 is 5.97 Å². The maximum absolute atomic E-state index is 12.4. The predicted octanol–water partition coefficient (Wildman–Crippen LogP) is 2.91. The Hall–Kier alpha value is -1.83. The first-order valence-corrected chi connectivity index (χ1v) is 12.6. The molecule has 0 radical (unpaired) electrons. The predicted molar refractivity (Wildman–Crippen MR) is 127 cm³/mol. The molecule has 7 nitrogen and oxygen atoms in total. The lowest BCUT2D eigenvalue weighted by Crippen LogP contribution is -2.61. The van der Waals surface area contributed by atoms with Crippen LogP contribution in [0.5, 0.6) is 0 Å². The Balaban J connectivity index is 0.000000350. The SMILES string of the molecule is CCCC(=O)OCC.C[C@]12C=CC(=O)C=C1CC[C@@H]1[C@@H]2[C@@H](O)C[C@@]2(C)[C@H]1CC[C@]2(O)C(=O)CO. The molecule has 0 bridgehead atoms. The van der Waals surface area contributed by atoms with Gasteiger partial charge in [0.05, 0.1) is 12.7 Å². The number of fused-ring (bicyclic) bond motifs is 5. The van der Waals surface area contributed by atoms with E-state index in [0.29, 0.717) is 25.9 Å². The highest BCUT2D eigenvalue weighted by Crippen LogP contribution is 2.67. The second-order valence-corrected chi connectivity index (χ2v) is 10.7. The largest absolute Gasteiger partial charge is 0.466 e. The molecule has 4 aliphatic carbocycles. The van der Waals surface area contributed by atoms with Gasteiger partial charge in [-0.3, -0.25) is 14.4 Å². The monoisotopic (exact) mass is 476 g/mol. The number of carbonyl (C=O) groups is 3. The van der Waals surface area contributed by atoms with Gasteiger partial charge in [0.1, 0.15) is 12.2 Å². The zero-order valence-electron chi connectivity index (χ0n) is 20.9. The van der Waals surface area contributed by atoms with E-state index in [0.717, 1.165) is 31.3 Å². The topological polar surface area (TPSA) is 121 Å². The van der Waals surface area contributed by atoms with Crippen LogP contribution in [0.15, 0.2) is 23.8 Å². The van der Waals surface area contributed by atoms with Crippen molar-refractivity contribution in [1.29, 1.82) is 0 Å². The van der Waals surface area contributed by atoms with Crippen LogP contribution in [-0.2, 0) is 19.1 Å². The van der Waals surface area contributed by atoms with Crippen LogP contribution in [0, 0.1) is 28.6 Å². The third kappa shape index (κ3) is 4.31. The maximum Gasteiger partial charge on any atom is 0.305 e. The second kappa shape index (κ2) is 10.0. The first kappa shape index (κ1) is 26.8. The number of ketones is 2. The molecular weight excluding hydrogens is 436 g/mol. The van der Waals surface area contributed by atoms with Crippen LogP contribution in [0.3, 0.4) is 0 Å². The normalized spacial score (nSPS) is 40.2. The quantitative estimate of drug-likeness (QED) is 0.522. The molecule has 0 aliphatic heterocycles. The van der Waals surface area contributed by atoms with E-state index in [-0.39, 0.29) is 34.9 Å². The third-order valence-electron chi connectivity index (χ3n) is 9.01. The van der Waals surface area contributed by atoms with E-state index < -0.39 is 29.5 Å². The maximum atomic E-state index is 12.4. The molecule has 0 aromatic rings. The molecule has 190 valence electrons. The highest BCUT2D eigenvalue weighted by atomic mass is 16.5. The molecule has 4 rings (SSSR count). The van der Waals surface area contributed by atoms with Crippen molar-refractivity contribution in [3.63, 3.8) is 0 Å². The smallest absolute Gasteiger partial charge is 0.305 e. The average Bonchev–Trinajstić information content (AvgIpc) is 3.05. The summed E-state index contributed by atoms with van der Waals surface area (Å²) in [6.07, 6.45) is 9.11. The van der Waals surface area contributed by atoms with Gasteiger partial charge in [-0.05, 0) is 69.4 Å². The van der Waals surface area contributed by atoms with Crippen molar-refractivity contribution in [3.05, 3.63) is 23.8 Å². The zero-order chi connectivity index (χ0) is 25.3. The van der Waals surface area contributed by atoms with E-state index in [1.54, 1.807) is 12.2 Å². The Morgan fingerprint density at radius 1 is 1.21 bits per heavy atom. The molecule has 0 spiro atoms. The minimum Gasteiger partial charge on any atom is -0.466 e. The number of esters is 1. The molecular formula is C27H40O7. The fourth-order valence-corrected chi connectivity index (χ4v) is 7.36.